The third-order valence-electron chi connectivity index (χ3n) is 4.68. The van der Waals surface area contributed by atoms with Crippen LogP contribution in [0.4, 0.5) is 0 Å². The molecule has 0 amide bonds. The second kappa shape index (κ2) is 8.77. The fourth-order valence-corrected chi connectivity index (χ4v) is 3.44. The molecule has 0 aliphatic heterocycles. The molecule has 2 nitrogen and oxygen atoms in total. The maximum absolute atomic E-state index is 12.6. The maximum Gasteiger partial charge on any atom is 0.164 e. The van der Waals surface area contributed by atoms with E-state index in [1.54, 1.807) is 6.92 Å². The van der Waals surface area contributed by atoms with Crippen LogP contribution in [0.15, 0.2) is 47.6 Å². The Balaban J connectivity index is 2.41. The molecular formula is C22H28O2. The van der Waals surface area contributed by atoms with Crippen molar-refractivity contribution in [3.05, 3.63) is 53.1 Å². The third-order valence-corrected chi connectivity index (χ3v) is 4.68. The fraction of sp³-hybridized carbons (Fsp3) is 0.455. The van der Waals surface area contributed by atoms with Crippen LogP contribution in [0.5, 0.6) is 0 Å². The van der Waals surface area contributed by atoms with Crippen LogP contribution < -0.4 is 0 Å². The fourth-order valence-electron chi connectivity index (χ4n) is 3.44. The molecule has 0 fully saturated rings. The van der Waals surface area contributed by atoms with Crippen molar-refractivity contribution in [3.63, 3.8) is 0 Å². The minimum atomic E-state index is -0.00596. The van der Waals surface area contributed by atoms with Gasteiger partial charge in [0, 0.05) is 17.6 Å². The zero-order valence-electron chi connectivity index (χ0n) is 15.1. The van der Waals surface area contributed by atoms with Crippen molar-refractivity contribution in [1.29, 1.82) is 0 Å². The second-order valence-electron chi connectivity index (χ2n) is 6.71. The molecule has 2 rings (SSSR count). The van der Waals surface area contributed by atoms with Crippen LogP contribution in [-0.4, -0.2) is 11.6 Å². The normalized spacial score (nSPS) is 19.9. The Morgan fingerprint density at radius 1 is 1.17 bits per heavy atom. The Bertz CT molecular complexity index is 650. The van der Waals surface area contributed by atoms with Crippen molar-refractivity contribution in [2.45, 2.75) is 59.3 Å². The lowest BCUT2D eigenvalue weighted by atomic mass is 9.75. The van der Waals surface area contributed by atoms with Crippen molar-refractivity contribution < 1.29 is 9.59 Å². The van der Waals surface area contributed by atoms with Gasteiger partial charge in [0.15, 0.2) is 11.6 Å². The topological polar surface area (TPSA) is 34.1 Å². The van der Waals surface area contributed by atoms with Gasteiger partial charge in [-0.1, -0.05) is 69.5 Å². The van der Waals surface area contributed by atoms with Gasteiger partial charge < -0.3 is 0 Å². The lowest BCUT2D eigenvalue weighted by Crippen LogP contribution is -2.23. The average Bonchev–Trinajstić information content (AvgIpc) is 2.56. The Labute approximate surface area is 145 Å². The van der Waals surface area contributed by atoms with E-state index >= 15 is 0 Å². The van der Waals surface area contributed by atoms with Crippen LogP contribution >= 0.6 is 0 Å². The first kappa shape index (κ1) is 18.4. The molecule has 0 spiro atoms. The molecular weight excluding hydrogens is 296 g/mol. The Morgan fingerprint density at radius 3 is 2.50 bits per heavy atom. The van der Waals surface area contributed by atoms with Crippen LogP contribution in [-0.2, 0) is 9.59 Å². The Kier molecular flexibility index (Phi) is 6.72. The van der Waals surface area contributed by atoms with Gasteiger partial charge >= 0.3 is 0 Å². The van der Waals surface area contributed by atoms with Gasteiger partial charge in [0.1, 0.15) is 0 Å². The van der Waals surface area contributed by atoms with Crippen LogP contribution in [0.1, 0.15) is 64.9 Å². The summed E-state index contributed by atoms with van der Waals surface area (Å²) in [6.45, 7) is 5.84. The summed E-state index contributed by atoms with van der Waals surface area (Å²) in [4.78, 5) is 25.0. The number of benzene rings is 1. The molecule has 1 aliphatic rings. The first-order valence-corrected chi connectivity index (χ1v) is 9.10. The Hall–Kier alpha value is -1.96. The van der Waals surface area contributed by atoms with E-state index in [1.807, 2.05) is 30.3 Å². The number of hydrogen-bond acceptors (Lipinski definition) is 2. The van der Waals surface area contributed by atoms with E-state index < -0.39 is 0 Å². The van der Waals surface area contributed by atoms with Crippen molar-refractivity contribution in [1.82, 2.24) is 0 Å². The summed E-state index contributed by atoms with van der Waals surface area (Å²) in [5.74, 6) is 0.200. The molecule has 1 aromatic carbocycles. The highest BCUT2D eigenvalue weighted by Gasteiger charge is 2.31. The first-order chi connectivity index (χ1) is 11.6. The van der Waals surface area contributed by atoms with E-state index in [2.05, 4.69) is 19.9 Å². The van der Waals surface area contributed by atoms with Crippen LogP contribution in [0.3, 0.4) is 0 Å². The van der Waals surface area contributed by atoms with E-state index in [0.717, 1.165) is 24.0 Å². The monoisotopic (exact) mass is 324 g/mol. The van der Waals surface area contributed by atoms with Gasteiger partial charge in [-0.15, -0.1) is 0 Å². The molecule has 0 heterocycles. The Morgan fingerprint density at radius 2 is 1.88 bits per heavy atom. The maximum atomic E-state index is 12.6. The van der Waals surface area contributed by atoms with E-state index in [0.29, 0.717) is 17.6 Å². The average molecular weight is 324 g/mol. The van der Waals surface area contributed by atoms with Gasteiger partial charge in [0.05, 0.1) is 0 Å². The summed E-state index contributed by atoms with van der Waals surface area (Å²) in [6, 6.07) is 9.60. The standard InChI is InChI=1S/C22H28O2/c1-4-5-6-7-11-14-19-16(2)15-20(24)22(21(19)17(3)23)18-12-9-8-10-13-18/h8-10,12-14,16H,4-7,11,15H2,1-3H3/b19-14+. The second-order valence-corrected chi connectivity index (χ2v) is 6.71. The predicted octanol–water partition coefficient (Wildman–Crippen LogP) is 5.53. The molecule has 0 saturated heterocycles. The van der Waals surface area contributed by atoms with Gasteiger partial charge in [-0.2, -0.15) is 0 Å². The largest absolute Gasteiger partial charge is 0.294 e. The molecule has 2 heteroatoms. The number of unbranched alkanes of at least 4 members (excludes halogenated alkanes) is 4. The van der Waals surface area contributed by atoms with Crippen LogP contribution in [0.25, 0.3) is 5.57 Å². The summed E-state index contributed by atoms with van der Waals surface area (Å²) < 4.78 is 0. The van der Waals surface area contributed by atoms with Crippen molar-refractivity contribution in [2.75, 3.05) is 0 Å². The predicted molar refractivity (Wildman–Crippen MR) is 99.7 cm³/mol. The van der Waals surface area contributed by atoms with Crippen molar-refractivity contribution >= 4 is 17.1 Å². The molecule has 1 unspecified atom stereocenters. The lowest BCUT2D eigenvalue weighted by Gasteiger charge is -2.26. The van der Waals surface area contributed by atoms with Gasteiger partial charge in [-0.25, -0.2) is 0 Å². The number of carbonyl (C=O) groups excluding carboxylic acids is 2. The molecule has 1 aromatic rings. The highest BCUT2D eigenvalue weighted by molar-refractivity contribution is 6.29. The molecule has 1 aliphatic carbocycles. The highest BCUT2D eigenvalue weighted by Crippen LogP contribution is 2.37. The molecule has 0 bridgehead atoms. The van der Waals surface area contributed by atoms with Gasteiger partial charge in [0.2, 0.25) is 0 Å². The minimum absolute atomic E-state index is 0.00596. The van der Waals surface area contributed by atoms with Gasteiger partial charge in [-0.3, -0.25) is 9.59 Å². The first-order valence-electron chi connectivity index (χ1n) is 9.10. The summed E-state index contributed by atoms with van der Waals surface area (Å²) in [5, 5.41) is 0. The summed E-state index contributed by atoms with van der Waals surface area (Å²) in [6.07, 6.45) is 8.50. The highest BCUT2D eigenvalue weighted by atomic mass is 16.1. The SMILES string of the molecule is CCCCCC/C=C1/C(C(C)=O)=C(c2ccccc2)C(=O)CC1C. The third kappa shape index (κ3) is 4.31. The number of carbonyl (C=O) groups is 2. The molecule has 0 saturated carbocycles. The van der Waals surface area contributed by atoms with Crippen LogP contribution in [0, 0.1) is 5.92 Å². The lowest BCUT2D eigenvalue weighted by molar-refractivity contribution is -0.116. The molecule has 0 N–H and O–H groups in total. The smallest absolute Gasteiger partial charge is 0.164 e. The van der Waals surface area contributed by atoms with Gasteiger partial charge in [0.25, 0.3) is 0 Å². The molecule has 128 valence electrons. The van der Waals surface area contributed by atoms with E-state index in [4.69, 9.17) is 0 Å². The van der Waals surface area contributed by atoms with Gasteiger partial charge in [-0.05, 0) is 36.8 Å². The quantitative estimate of drug-likeness (QED) is 0.617. The zero-order chi connectivity index (χ0) is 17.5. The number of rotatable bonds is 7. The minimum Gasteiger partial charge on any atom is -0.294 e. The molecule has 1 atom stereocenters. The molecule has 0 aromatic heterocycles. The molecule has 24 heavy (non-hydrogen) atoms. The summed E-state index contributed by atoms with van der Waals surface area (Å²) in [7, 11) is 0. The summed E-state index contributed by atoms with van der Waals surface area (Å²) in [5.41, 5.74) is 3.18. The van der Waals surface area contributed by atoms with E-state index in [-0.39, 0.29) is 17.5 Å². The number of ketones is 2. The van der Waals surface area contributed by atoms with Crippen LogP contribution in [0.2, 0.25) is 0 Å². The number of allylic oxidation sites excluding steroid dienone is 4. The zero-order valence-corrected chi connectivity index (χ0v) is 15.1. The van der Waals surface area contributed by atoms with E-state index in [9.17, 15) is 9.59 Å². The van der Waals surface area contributed by atoms with Crippen molar-refractivity contribution in [3.8, 4) is 0 Å². The molecule has 0 radical (unpaired) electrons. The van der Waals surface area contributed by atoms with Crippen molar-refractivity contribution in [2.24, 2.45) is 5.92 Å². The summed E-state index contributed by atoms with van der Waals surface area (Å²) >= 11 is 0. The van der Waals surface area contributed by atoms with E-state index in [1.165, 1.54) is 19.3 Å². The number of Topliss-reactive ketones (excluding diaryl/α,β-unsaturated/α-hetero) is 2. The number of hydrogen-bond donors (Lipinski definition) is 0.